The highest BCUT2D eigenvalue weighted by molar-refractivity contribution is 5.94. The molecule has 2 saturated heterocycles. The second kappa shape index (κ2) is 4.93. The maximum absolute atomic E-state index is 13.2. The number of halogens is 1. The fourth-order valence-electron chi connectivity index (χ4n) is 3.23. The zero-order valence-corrected chi connectivity index (χ0v) is 11.1. The maximum atomic E-state index is 13.2. The molecule has 0 aromatic heterocycles. The van der Waals surface area contributed by atoms with Crippen molar-refractivity contribution in [1.82, 2.24) is 10.6 Å². The molecule has 2 fully saturated rings. The van der Waals surface area contributed by atoms with Crippen LogP contribution in [0.3, 0.4) is 0 Å². The molecular weight excluding hydrogens is 243 g/mol. The van der Waals surface area contributed by atoms with E-state index in [-0.39, 0.29) is 17.8 Å². The molecular formula is C15H19FN2O. The van der Waals surface area contributed by atoms with Gasteiger partial charge in [-0.25, -0.2) is 4.39 Å². The van der Waals surface area contributed by atoms with E-state index in [0.29, 0.717) is 23.2 Å². The second-order valence-corrected chi connectivity index (χ2v) is 5.74. The van der Waals surface area contributed by atoms with Crippen LogP contribution < -0.4 is 10.6 Å². The Balaban J connectivity index is 1.66. The number of rotatable bonds is 2. The van der Waals surface area contributed by atoms with Gasteiger partial charge in [-0.2, -0.15) is 0 Å². The number of hydrogen-bond donors (Lipinski definition) is 2. The van der Waals surface area contributed by atoms with Crippen molar-refractivity contribution < 1.29 is 9.18 Å². The normalized spacial score (nSPS) is 29.3. The van der Waals surface area contributed by atoms with Gasteiger partial charge in [0.1, 0.15) is 5.82 Å². The van der Waals surface area contributed by atoms with Crippen LogP contribution in [0.1, 0.15) is 41.6 Å². The molecule has 2 unspecified atom stereocenters. The molecule has 2 bridgehead atoms. The average molecular weight is 262 g/mol. The smallest absolute Gasteiger partial charge is 0.251 e. The number of carbonyl (C=O) groups is 1. The van der Waals surface area contributed by atoms with Crippen LogP contribution in [0.2, 0.25) is 0 Å². The van der Waals surface area contributed by atoms with Crippen molar-refractivity contribution in [2.24, 2.45) is 0 Å². The summed E-state index contributed by atoms with van der Waals surface area (Å²) in [4.78, 5) is 12.2. The molecule has 1 aromatic carbocycles. The predicted octanol–water partition coefficient (Wildman–Crippen LogP) is 2.15. The Kier molecular flexibility index (Phi) is 3.27. The van der Waals surface area contributed by atoms with Crippen LogP contribution in [0.4, 0.5) is 4.39 Å². The second-order valence-electron chi connectivity index (χ2n) is 5.74. The summed E-state index contributed by atoms with van der Waals surface area (Å²) in [5.41, 5.74) is 1.06. The van der Waals surface area contributed by atoms with Crippen LogP contribution in [-0.4, -0.2) is 24.0 Å². The molecule has 1 amide bonds. The zero-order valence-electron chi connectivity index (χ0n) is 11.1. The van der Waals surface area contributed by atoms with E-state index in [4.69, 9.17) is 0 Å². The van der Waals surface area contributed by atoms with Crippen LogP contribution in [0.15, 0.2) is 18.2 Å². The van der Waals surface area contributed by atoms with Crippen molar-refractivity contribution in [2.45, 2.75) is 50.7 Å². The number of aryl methyl sites for hydroxylation is 1. The summed E-state index contributed by atoms with van der Waals surface area (Å²) in [5, 5.41) is 6.63. The minimum Gasteiger partial charge on any atom is -0.349 e. The molecule has 4 heteroatoms. The molecule has 2 aliphatic rings. The van der Waals surface area contributed by atoms with Gasteiger partial charge in [0.2, 0.25) is 0 Å². The van der Waals surface area contributed by atoms with Gasteiger partial charge in [0, 0.05) is 23.7 Å². The molecule has 102 valence electrons. The van der Waals surface area contributed by atoms with Crippen LogP contribution in [0.5, 0.6) is 0 Å². The van der Waals surface area contributed by atoms with E-state index in [1.807, 2.05) is 0 Å². The van der Waals surface area contributed by atoms with Crippen molar-refractivity contribution in [2.75, 3.05) is 0 Å². The van der Waals surface area contributed by atoms with Crippen LogP contribution >= 0.6 is 0 Å². The molecule has 0 saturated carbocycles. The molecule has 2 atom stereocenters. The molecule has 19 heavy (non-hydrogen) atoms. The van der Waals surface area contributed by atoms with E-state index in [9.17, 15) is 9.18 Å². The Labute approximate surface area is 112 Å². The van der Waals surface area contributed by atoms with E-state index in [0.717, 1.165) is 12.8 Å². The van der Waals surface area contributed by atoms with Gasteiger partial charge in [0.15, 0.2) is 0 Å². The Morgan fingerprint density at radius 3 is 2.63 bits per heavy atom. The van der Waals surface area contributed by atoms with Crippen molar-refractivity contribution in [3.8, 4) is 0 Å². The first-order valence-electron chi connectivity index (χ1n) is 6.95. The highest BCUT2D eigenvalue weighted by Crippen LogP contribution is 2.26. The summed E-state index contributed by atoms with van der Waals surface area (Å²) in [5.74, 6) is -0.356. The third-order valence-corrected chi connectivity index (χ3v) is 4.23. The average Bonchev–Trinajstić information content (AvgIpc) is 2.72. The van der Waals surface area contributed by atoms with Crippen LogP contribution in [0.25, 0.3) is 0 Å². The summed E-state index contributed by atoms with van der Waals surface area (Å²) >= 11 is 0. The van der Waals surface area contributed by atoms with Gasteiger partial charge >= 0.3 is 0 Å². The van der Waals surface area contributed by atoms with E-state index in [2.05, 4.69) is 10.6 Å². The molecule has 3 rings (SSSR count). The molecule has 0 aliphatic carbocycles. The van der Waals surface area contributed by atoms with E-state index < -0.39 is 0 Å². The van der Waals surface area contributed by atoms with E-state index >= 15 is 0 Å². The molecule has 2 N–H and O–H groups in total. The van der Waals surface area contributed by atoms with Gasteiger partial charge in [-0.15, -0.1) is 0 Å². The zero-order chi connectivity index (χ0) is 13.4. The summed E-state index contributed by atoms with van der Waals surface area (Å²) in [6.45, 7) is 1.68. The van der Waals surface area contributed by atoms with Crippen molar-refractivity contribution >= 4 is 5.91 Å². The van der Waals surface area contributed by atoms with E-state index in [1.54, 1.807) is 19.1 Å². The molecule has 0 radical (unpaired) electrons. The first-order valence-corrected chi connectivity index (χ1v) is 6.95. The van der Waals surface area contributed by atoms with Crippen molar-refractivity contribution in [1.29, 1.82) is 0 Å². The minimum absolute atomic E-state index is 0.0885. The standard InChI is InChI=1S/C15H19FN2O/c1-9-6-10(2-5-14(9)16)15(19)18-13-7-11-3-4-12(8-13)17-11/h2,5-6,11-13,17H,3-4,7-8H2,1H3,(H,18,19). The van der Waals surface area contributed by atoms with Crippen molar-refractivity contribution in [3.63, 3.8) is 0 Å². The Morgan fingerprint density at radius 1 is 1.32 bits per heavy atom. The summed E-state index contributed by atoms with van der Waals surface area (Å²) < 4.78 is 13.2. The van der Waals surface area contributed by atoms with Gasteiger partial charge in [-0.05, 0) is 56.4 Å². The largest absolute Gasteiger partial charge is 0.349 e. The Morgan fingerprint density at radius 2 is 2.00 bits per heavy atom. The fraction of sp³-hybridized carbons (Fsp3) is 0.533. The van der Waals surface area contributed by atoms with Crippen LogP contribution in [0, 0.1) is 12.7 Å². The highest BCUT2D eigenvalue weighted by Gasteiger charge is 2.34. The number of amides is 1. The monoisotopic (exact) mass is 262 g/mol. The van der Waals surface area contributed by atoms with Gasteiger partial charge in [-0.1, -0.05) is 0 Å². The maximum Gasteiger partial charge on any atom is 0.251 e. The topological polar surface area (TPSA) is 41.1 Å². The molecule has 3 nitrogen and oxygen atoms in total. The summed E-state index contributed by atoms with van der Waals surface area (Å²) in [7, 11) is 0. The number of fused-ring (bicyclic) bond motifs is 2. The Hall–Kier alpha value is -1.42. The van der Waals surface area contributed by atoms with Gasteiger partial charge in [0.25, 0.3) is 5.91 Å². The lowest BCUT2D eigenvalue weighted by atomic mass is 9.99. The van der Waals surface area contributed by atoms with Crippen molar-refractivity contribution in [3.05, 3.63) is 35.1 Å². The van der Waals surface area contributed by atoms with Gasteiger partial charge in [0.05, 0.1) is 0 Å². The quantitative estimate of drug-likeness (QED) is 0.857. The van der Waals surface area contributed by atoms with Gasteiger partial charge in [-0.3, -0.25) is 4.79 Å². The highest BCUT2D eigenvalue weighted by atomic mass is 19.1. The fourth-order valence-corrected chi connectivity index (χ4v) is 3.23. The number of nitrogens with one attached hydrogen (secondary N) is 2. The number of piperidine rings is 1. The third-order valence-electron chi connectivity index (χ3n) is 4.23. The summed E-state index contributed by atoms with van der Waals surface area (Å²) in [6.07, 6.45) is 4.43. The lowest BCUT2D eigenvalue weighted by molar-refractivity contribution is 0.0924. The third kappa shape index (κ3) is 2.63. The Bertz CT molecular complexity index is 491. The number of benzene rings is 1. The SMILES string of the molecule is Cc1cc(C(=O)NC2CC3CCC(C2)N3)ccc1F. The lowest BCUT2D eigenvalue weighted by Crippen LogP contribution is -2.48. The molecule has 0 spiro atoms. The van der Waals surface area contributed by atoms with Crippen LogP contribution in [-0.2, 0) is 0 Å². The predicted molar refractivity (Wildman–Crippen MR) is 71.6 cm³/mol. The molecule has 2 heterocycles. The molecule has 2 aliphatic heterocycles. The first kappa shape index (κ1) is 12.6. The number of hydrogen-bond acceptors (Lipinski definition) is 2. The lowest BCUT2D eigenvalue weighted by Gasteiger charge is -2.29. The van der Waals surface area contributed by atoms with Gasteiger partial charge < -0.3 is 10.6 Å². The molecule has 1 aromatic rings. The minimum atomic E-state index is -0.267. The first-order chi connectivity index (χ1) is 9.11. The number of carbonyl (C=O) groups excluding carboxylic acids is 1. The summed E-state index contributed by atoms with van der Waals surface area (Å²) in [6, 6.07) is 5.87. The van der Waals surface area contributed by atoms with E-state index in [1.165, 1.54) is 18.9 Å².